The van der Waals surface area contributed by atoms with Crippen LogP contribution in [0.15, 0.2) is 11.5 Å². The fourth-order valence-corrected chi connectivity index (χ4v) is 2.06. The fourth-order valence-electron chi connectivity index (χ4n) is 2.06. The standard InChI is InChI=1S/C13H16O8/c1-6(14)18-10-9(8-5-17-13(3,4)21-8)20-12(16)11(10)19-7(2)15/h8-9H,5H2,1-4H3/t8-,9+/m0/s1. The lowest BCUT2D eigenvalue weighted by molar-refractivity contribution is -0.165. The molecule has 8 nitrogen and oxygen atoms in total. The smallest absolute Gasteiger partial charge is 0.378 e. The zero-order chi connectivity index (χ0) is 15.8. The molecule has 0 aromatic carbocycles. The molecule has 1 saturated heterocycles. The number of esters is 3. The highest BCUT2D eigenvalue weighted by Crippen LogP contribution is 2.34. The molecule has 116 valence electrons. The minimum absolute atomic E-state index is 0.142. The Labute approximate surface area is 120 Å². The largest absolute Gasteiger partial charge is 0.445 e. The van der Waals surface area contributed by atoms with Gasteiger partial charge < -0.3 is 23.7 Å². The first-order valence-corrected chi connectivity index (χ1v) is 6.33. The monoisotopic (exact) mass is 300 g/mol. The van der Waals surface area contributed by atoms with E-state index in [0.29, 0.717) is 0 Å². The second kappa shape index (κ2) is 5.45. The Hall–Kier alpha value is -1.93. The van der Waals surface area contributed by atoms with Crippen molar-refractivity contribution in [2.75, 3.05) is 6.61 Å². The van der Waals surface area contributed by atoms with E-state index in [2.05, 4.69) is 0 Å². The Kier molecular flexibility index (Phi) is 4.02. The Morgan fingerprint density at radius 3 is 2.29 bits per heavy atom. The van der Waals surface area contributed by atoms with E-state index >= 15 is 0 Å². The molecule has 2 aliphatic heterocycles. The zero-order valence-corrected chi connectivity index (χ0v) is 12.1. The van der Waals surface area contributed by atoms with Gasteiger partial charge in [0.1, 0.15) is 6.10 Å². The zero-order valence-electron chi connectivity index (χ0n) is 12.1. The van der Waals surface area contributed by atoms with Crippen LogP contribution in [0.25, 0.3) is 0 Å². The molecule has 0 unspecified atom stereocenters. The summed E-state index contributed by atoms with van der Waals surface area (Å²) >= 11 is 0. The molecular formula is C13H16O8. The van der Waals surface area contributed by atoms with Gasteiger partial charge in [-0.25, -0.2) is 4.79 Å². The van der Waals surface area contributed by atoms with Crippen LogP contribution in [0.2, 0.25) is 0 Å². The molecule has 0 aromatic rings. The summed E-state index contributed by atoms with van der Waals surface area (Å²) in [5.41, 5.74) is 0. The Morgan fingerprint density at radius 2 is 1.81 bits per heavy atom. The summed E-state index contributed by atoms with van der Waals surface area (Å²) in [4.78, 5) is 34.0. The van der Waals surface area contributed by atoms with E-state index in [1.54, 1.807) is 13.8 Å². The van der Waals surface area contributed by atoms with Gasteiger partial charge >= 0.3 is 17.9 Å². The topological polar surface area (TPSA) is 97.4 Å². The van der Waals surface area contributed by atoms with Gasteiger partial charge in [0, 0.05) is 13.8 Å². The van der Waals surface area contributed by atoms with Crippen molar-refractivity contribution in [1.82, 2.24) is 0 Å². The van der Waals surface area contributed by atoms with Crippen LogP contribution >= 0.6 is 0 Å². The number of carbonyl (C=O) groups is 3. The summed E-state index contributed by atoms with van der Waals surface area (Å²) in [6.45, 7) is 5.83. The molecule has 2 heterocycles. The normalized spacial score (nSPS) is 27.5. The van der Waals surface area contributed by atoms with Crippen molar-refractivity contribution in [3.8, 4) is 0 Å². The molecule has 0 N–H and O–H groups in total. The van der Waals surface area contributed by atoms with Crippen molar-refractivity contribution in [3.05, 3.63) is 11.5 Å². The lowest BCUT2D eigenvalue weighted by Crippen LogP contribution is -2.33. The van der Waals surface area contributed by atoms with Gasteiger partial charge in [0.05, 0.1) is 6.61 Å². The quantitative estimate of drug-likeness (QED) is 0.546. The summed E-state index contributed by atoms with van der Waals surface area (Å²) in [7, 11) is 0. The predicted octanol–water partition coefficient (Wildman–Crippen LogP) is 0.401. The Bertz CT molecular complexity index is 518. The Morgan fingerprint density at radius 1 is 1.19 bits per heavy atom. The molecule has 2 atom stereocenters. The van der Waals surface area contributed by atoms with Crippen molar-refractivity contribution < 1.29 is 38.1 Å². The van der Waals surface area contributed by atoms with Gasteiger partial charge in [-0.2, -0.15) is 0 Å². The van der Waals surface area contributed by atoms with Gasteiger partial charge in [-0.05, 0) is 13.8 Å². The van der Waals surface area contributed by atoms with Gasteiger partial charge in [-0.3, -0.25) is 9.59 Å². The number of hydrogen-bond donors (Lipinski definition) is 0. The molecule has 21 heavy (non-hydrogen) atoms. The number of hydrogen-bond acceptors (Lipinski definition) is 8. The second-order valence-electron chi connectivity index (χ2n) is 5.07. The lowest BCUT2D eigenvalue weighted by atomic mass is 10.2. The van der Waals surface area contributed by atoms with Crippen LogP contribution < -0.4 is 0 Å². The molecule has 0 amide bonds. The Balaban J connectivity index is 2.28. The number of rotatable bonds is 3. The molecule has 2 aliphatic rings. The van der Waals surface area contributed by atoms with E-state index < -0.39 is 41.7 Å². The van der Waals surface area contributed by atoms with Crippen LogP contribution in [-0.4, -0.2) is 42.5 Å². The summed E-state index contributed by atoms with van der Waals surface area (Å²) in [5.74, 6) is -3.74. The van der Waals surface area contributed by atoms with Crippen LogP contribution in [0.5, 0.6) is 0 Å². The van der Waals surface area contributed by atoms with Crippen molar-refractivity contribution in [2.24, 2.45) is 0 Å². The lowest BCUT2D eigenvalue weighted by Gasteiger charge is -2.21. The first-order chi connectivity index (χ1) is 9.69. The van der Waals surface area contributed by atoms with Gasteiger partial charge in [0.25, 0.3) is 5.76 Å². The molecule has 0 saturated carbocycles. The van der Waals surface area contributed by atoms with Crippen LogP contribution in [0.1, 0.15) is 27.7 Å². The third-order valence-corrected chi connectivity index (χ3v) is 2.77. The molecule has 0 aliphatic carbocycles. The predicted molar refractivity (Wildman–Crippen MR) is 65.3 cm³/mol. The third kappa shape index (κ3) is 3.40. The number of cyclic esters (lactones) is 1. The maximum absolute atomic E-state index is 11.8. The highest BCUT2D eigenvalue weighted by molar-refractivity contribution is 5.93. The van der Waals surface area contributed by atoms with E-state index in [0.717, 1.165) is 13.8 Å². The number of carbonyl (C=O) groups excluding carboxylic acids is 3. The van der Waals surface area contributed by atoms with E-state index in [9.17, 15) is 14.4 Å². The van der Waals surface area contributed by atoms with Crippen molar-refractivity contribution in [2.45, 2.75) is 45.7 Å². The highest BCUT2D eigenvalue weighted by Gasteiger charge is 2.49. The third-order valence-electron chi connectivity index (χ3n) is 2.77. The van der Waals surface area contributed by atoms with Crippen LogP contribution in [-0.2, 0) is 38.1 Å². The van der Waals surface area contributed by atoms with Crippen LogP contribution in [0, 0.1) is 0 Å². The van der Waals surface area contributed by atoms with Gasteiger partial charge in [-0.15, -0.1) is 0 Å². The summed E-state index contributed by atoms with van der Waals surface area (Å²) < 4.78 is 25.8. The van der Waals surface area contributed by atoms with E-state index in [1.807, 2.05) is 0 Å². The molecule has 0 aromatic heterocycles. The van der Waals surface area contributed by atoms with Gasteiger partial charge in [0.15, 0.2) is 11.9 Å². The fraction of sp³-hybridized carbons (Fsp3) is 0.615. The average Bonchev–Trinajstić information content (AvgIpc) is 2.82. The molecule has 0 bridgehead atoms. The summed E-state index contributed by atoms with van der Waals surface area (Å²) in [6.07, 6.45) is -1.66. The van der Waals surface area contributed by atoms with Crippen molar-refractivity contribution >= 4 is 17.9 Å². The first-order valence-electron chi connectivity index (χ1n) is 6.33. The van der Waals surface area contributed by atoms with E-state index in [4.69, 9.17) is 23.7 Å². The second-order valence-corrected chi connectivity index (χ2v) is 5.07. The van der Waals surface area contributed by atoms with Crippen molar-refractivity contribution in [3.63, 3.8) is 0 Å². The van der Waals surface area contributed by atoms with Crippen molar-refractivity contribution in [1.29, 1.82) is 0 Å². The maximum atomic E-state index is 11.8. The molecule has 8 heteroatoms. The van der Waals surface area contributed by atoms with Crippen LogP contribution in [0.3, 0.4) is 0 Å². The summed E-state index contributed by atoms with van der Waals surface area (Å²) in [6, 6.07) is 0. The SMILES string of the molecule is CC(=O)OC1=C(OC(C)=O)[C@@H]([C@@H]2COC(C)(C)O2)OC1=O. The first kappa shape index (κ1) is 15.5. The van der Waals surface area contributed by atoms with Gasteiger partial charge in [-0.1, -0.05) is 0 Å². The summed E-state index contributed by atoms with van der Waals surface area (Å²) in [5, 5.41) is 0. The maximum Gasteiger partial charge on any atom is 0.378 e. The van der Waals surface area contributed by atoms with E-state index in [-0.39, 0.29) is 12.4 Å². The highest BCUT2D eigenvalue weighted by atomic mass is 16.8. The molecule has 2 rings (SSSR count). The van der Waals surface area contributed by atoms with E-state index in [1.165, 1.54) is 0 Å². The number of ether oxygens (including phenoxy) is 5. The molecule has 0 radical (unpaired) electrons. The average molecular weight is 300 g/mol. The van der Waals surface area contributed by atoms with Crippen LogP contribution in [0.4, 0.5) is 0 Å². The molecular weight excluding hydrogens is 284 g/mol. The minimum atomic E-state index is -1.00. The van der Waals surface area contributed by atoms with Gasteiger partial charge in [0.2, 0.25) is 5.76 Å². The molecule has 1 fully saturated rings. The minimum Gasteiger partial charge on any atom is -0.445 e. The molecule has 0 spiro atoms.